The highest BCUT2D eigenvalue weighted by Gasteiger charge is 2.23. The van der Waals surface area contributed by atoms with E-state index in [1.807, 2.05) is 0 Å². The predicted molar refractivity (Wildman–Crippen MR) is 75.8 cm³/mol. The molecule has 2 heterocycles. The van der Waals surface area contributed by atoms with Gasteiger partial charge in [-0.3, -0.25) is 19.3 Å². The fourth-order valence-electron chi connectivity index (χ4n) is 2.10. The Labute approximate surface area is 124 Å². The number of carboxylic acids is 1. The lowest BCUT2D eigenvalue weighted by molar-refractivity contribution is -0.385. The van der Waals surface area contributed by atoms with Gasteiger partial charge in [-0.2, -0.15) is 0 Å². The summed E-state index contributed by atoms with van der Waals surface area (Å²) in [7, 11) is 0. The Bertz CT molecular complexity index is 767. The molecular weight excluding hydrogens is 292 g/mol. The molecule has 0 aliphatic carbocycles. The molecule has 1 unspecified atom stereocenters. The number of fused-ring (bicyclic) bond motifs is 1. The minimum Gasteiger partial charge on any atom is -0.480 e. The third-order valence-corrected chi connectivity index (χ3v) is 3.21. The molecule has 1 amide bonds. The van der Waals surface area contributed by atoms with E-state index in [1.165, 1.54) is 22.7 Å². The second kappa shape index (κ2) is 5.80. The summed E-state index contributed by atoms with van der Waals surface area (Å²) in [5.41, 5.74) is 0.623. The Hall–Kier alpha value is -2.97. The predicted octanol–water partition coefficient (Wildman–Crippen LogP) is 1.14. The van der Waals surface area contributed by atoms with E-state index in [0.29, 0.717) is 11.3 Å². The Kier molecular flexibility index (Phi) is 4.06. The van der Waals surface area contributed by atoms with Crippen LogP contribution >= 0.6 is 0 Å². The Morgan fingerprint density at radius 2 is 2.18 bits per heavy atom. The maximum Gasteiger partial charge on any atom is 0.326 e. The van der Waals surface area contributed by atoms with Gasteiger partial charge in [0.15, 0.2) is 0 Å². The lowest BCUT2D eigenvalue weighted by atomic mass is 10.2. The Morgan fingerprint density at radius 3 is 2.73 bits per heavy atom. The van der Waals surface area contributed by atoms with Crippen molar-refractivity contribution in [1.82, 2.24) is 14.7 Å². The number of amides is 1. The van der Waals surface area contributed by atoms with E-state index in [2.05, 4.69) is 10.3 Å². The van der Waals surface area contributed by atoms with Crippen LogP contribution in [0.25, 0.3) is 5.65 Å². The maximum atomic E-state index is 12.3. The number of nitro groups is 1. The number of hydrogen-bond acceptors (Lipinski definition) is 5. The second-order valence-electron chi connectivity index (χ2n) is 4.69. The average molecular weight is 306 g/mol. The first-order valence-electron chi connectivity index (χ1n) is 6.52. The molecule has 2 aromatic heterocycles. The molecule has 0 fully saturated rings. The van der Waals surface area contributed by atoms with Crippen molar-refractivity contribution in [2.75, 3.05) is 0 Å². The van der Waals surface area contributed by atoms with Crippen LogP contribution in [0.4, 0.5) is 5.69 Å². The van der Waals surface area contributed by atoms with Gasteiger partial charge in [0.2, 0.25) is 0 Å². The van der Waals surface area contributed by atoms with E-state index in [9.17, 15) is 19.7 Å². The van der Waals surface area contributed by atoms with E-state index in [4.69, 9.17) is 5.11 Å². The molecule has 22 heavy (non-hydrogen) atoms. The summed E-state index contributed by atoms with van der Waals surface area (Å²) < 4.78 is 1.29. The topological polar surface area (TPSA) is 127 Å². The highest BCUT2D eigenvalue weighted by molar-refractivity contribution is 5.97. The number of aromatic nitrogens is 2. The van der Waals surface area contributed by atoms with Crippen LogP contribution in [0.1, 0.15) is 29.5 Å². The number of nitrogens with one attached hydrogen (secondary N) is 1. The first kappa shape index (κ1) is 15.4. The van der Waals surface area contributed by atoms with E-state index < -0.39 is 22.8 Å². The molecule has 0 aliphatic heterocycles. The van der Waals surface area contributed by atoms with Crippen LogP contribution in [0.2, 0.25) is 0 Å². The van der Waals surface area contributed by atoms with Crippen molar-refractivity contribution < 1.29 is 19.6 Å². The SMILES string of the molecule is CCC(NC(=O)c1c(C)nc2ccc([N+](=O)[O-])cn12)C(=O)O. The molecule has 0 aromatic carbocycles. The molecule has 9 heteroatoms. The molecule has 116 valence electrons. The molecule has 1 atom stereocenters. The minimum atomic E-state index is -1.15. The summed E-state index contributed by atoms with van der Waals surface area (Å²) in [6, 6.07) is 1.68. The summed E-state index contributed by atoms with van der Waals surface area (Å²) in [5, 5.41) is 22.2. The van der Waals surface area contributed by atoms with Gasteiger partial charge in [0, 0.05) is 6.07 Å². The highest BCUT2D eigenvalue weighted by atomic mass is 16.6. The monoisotopic (exact) mass is 306 g/mol. The first-order chi connectivity index (χ1) is 10.3. The molecule has 0 bridgehead atoms. The molecule has 0 saturated carbocycles. The van der Waals surface area contributed by atoms with Gasteiger partial charge in [0.05, 0.1) is 16.8 Å². The number of rotatable bonds is 5. The number of aryl methyl sites for hydroxylation is 1. The zero-order valence-corrected chi connectivity index (χ0v) is 11.9. The van der Waals surface area contributed by atoms with Gasteiger partial charge in [-0.15, -0.1) is 0 Å². The smallest absolute Gasteiger partial charge is 0.326 e. The molecule has 9 nitrogen and oxygen atoms in total. The van der Waals surface area contributed by atoms with Gasteiger partial charge >= 0.3 is 5.97 Å². The molecule has 2 aromatic rings. The van der Waals surface area contributed by atoms with Gasteiger partial charge < -0.3 is 10.4 Å². The number of pyridine rings is 1. The quantitative estimate of drug-likeness (QED) is 0.630. The number of hydrogen-bond donors (Lipinski definition) is 2. The number of aliphatic carboxylic acids is 1. The second-order valence-corrected chi connectivity index (χ2v) is 4.69. The van der Waals surface area contributed by atoms with Crippen LogP contribution < -0.4 is 5.32 Å². The lowest BCUT2D eigenvalue weighted by Crippen LogP contribution is -2.40. The number of carbonyl (C=O) groups is 2. The Balaban J connectivity index is 2.47. The molecule has 2 rings (SSSR count). The van der Waals surface area contributed by atoms with Crippen LogP contribution in [0.5, 0.6) is 0 Å². The van der Waals surface area contributed by atoms with E-state index >= 15 is 0 Å². The van der Waals surface area contributed by atoms with Crippen molar-refractivity contribution in [1.29, 1.82) is 0 Å². The normalized spacial score (nSPS) is 12.1. The fraction of sp³-hybridized carbons (Fsp3) is 0.308. The first-order valence-corrected chi connectivity index (χ1v) is 6.52. The number of nitrogens with zero attached hydrogens (tertiary/aromatic N) is 3. The summed E-state index contributed by atoms with van der Waals surface area (Å²) in [6.45, 7) is 3.21. The minimum absolute atomic E-state index is 0.0819. The molecule has 0 aliphatic rings. The summed E-state index contributed by atoms with van der Waals surface area (Å²) in [4.78, 5) is 37.7. The number of carbonyl (C=O) groups excluding carboxylic acids is 1. The van der Waals surface area contributed by atoms with Crippen LogP contribution in [-0.2, 0) is 4.79 Å². The highest BCUT2D eigenvalue weighted by Crippen LogP contribution is 2.17. The number of imidazole rings is 1. The van der Waals surface area contributed by atoms with Gasteiger partial charge in [0.25, 0.3) is 11.6 Å². The van der Waals surface area contributed by atoms with Gasteiger partial charge in [-0.25, -0.2) is 9.78 Å². The largest absolute Gasteiger partial charge is 0.480 e. The molecule has 0 spiro atoms. The van der Waals surface area contributed by atoms with Gasteiger partial charge in [-0.1, -0.05) is 6.92 Å². The third kappa shape index (κ3) is 2.73. The average Bonchev–Trinajstić information content (AvgIpc) is 2.78. The van der Waals surface area contributed by atoms with E-state index in [-0.39, 0.29) is 17.8 Å². The molecule has 2 N–H and O–H groups in total. The van der Waals surface area contributed by atoms with Crippen molar-refractivity contribution in [3.05, 3.63) is 39.8 Å². The molecular formula is C13H14N4O5. The van der Waals surface area contributed by atoms with Crippen molar-refractivity contribution in [3.63, 3.8) is 0 Å². The Morgan fingerprint density at radius 1 is 1.50 bits per heavy atom. The van der Waals surface area contributed by atoms with Crippen LogP contribution in [-0.4, -0.2) is 37.3 Å². The summed E-state index contributed by atoms with van der Waals surface area (Å²) >= 11 is 0. The standard InChI is InChI=1S/C13H14N4O5/c1-3-9(13(19)20)15-12(18)11-7(2)14-10-5-4-8(17(21)22)6-16(10)11/h4-6,9H,3H2,1-2H3,(H,15,18)(H,19,20). The zero-order chi connectivity index (χ0) is 16.4. The van der Waals surface area contributed by atoms with Crippen LogP contribution in [0, 0.1) is 17.0 Å². The number of carboxylic acid groups (broad SMARTS) is 1. The van der Waals surface area contributed by atoms with Crippen LogP contribution in [0.3, 0.4) is 0 Å². The maximum absolute atomic E-state index is 12.3. The third-order valence-electron chi connectivity index (χ3n) is 3.21. The zero-order valence-electron chi connectivity index (χ0n) is 11.9. The summed E-state index contributed by atoms with van der Waals surface area (Å²) in [5.74, 6) is -1.78. The van der Waals surface area contributed by atoms with E-state index in [0.717, 1.165) is 0 Å². The van der Waals surface area contributed by atoms with Gasteiger partial charge in [-0.05, 0) is 19.4 Å². The summed E-state index contributed by atoms with van der Waals surface area (Å²) in [6.07, 6.45) is 1.41. The van der Waals surface area contributed by atoms with Crippen molar-refractivity contribution in [3.8, 4) is 0 Å². The van der Waals surface area contributed by atoms with Crippen molar-refractivity contribution >= 4 is 23.2 Å². The van der Waals surface area contributed by atoms with Gasteiger partial charge in [0.1, 0.15) is 17.4 Å². The van der Waals surface area contributed by atoms with Crippen molar-refractivity contribution in [2.24, 2.45) is 0 Å². The van der Waals surface area contributed by atoms with E-state index in [1.54, 1.807) is 13.8 Å². The molecule has 0 radical (unpaired) electrons. The molecule has 0 saturated heterocycles. The lowest BCUT2D eigenvalue weighted by Gasteiger charge is -2.12. The fourth-order valence-corrected chi connectivity index (χ4v) is 2.10. The van der Waals surface area contributed by atoms with Crippen LogP contribution in [0.15, 0.2) is 18.3 Å². The van der Waals surface area contributed by atoms with Crippen molar-refractivity contribution in [2.45, 2.75) is 26.3 Å².